The summed E-state index contributed by atoms with van der Waals surface area (Å²) in [5, 5.41) is 26.1. The molecule has 0 bridgehead atoms. The van der Waals surface area contributed by atoms with E-state index in [1.807, 2.05) is 6.07 Å². The molecule has 4 heterocycles. The lowest BCUT2D eigenvalue weighted by Crippen LogP contribution is -2.44. The van der Waals surface area contributed by atoms with E-state index in [4.69, 9.17) is 9.72 Å². The van der Waals surface area contributed by atoms with Crippen LogP contribution in [0.15, 0.2) is 58.5 Å². The average molecular weight is 527 g/mol. The molecule has 2 aliphatic heterocycles. The van der Waals surface area contributed by atoms with Gasteiger partial charge in [0.1, 0.15) is 13.2 Å². The Morgan fingerprint density at radius 2 is 1.87 bits per heavy atom. The van der Waals surface area contributed by atoms with E-state index in [1.54, 1.807) is 41.8 Å². The first-order valence-electron chi connectivity index (χ1n) is 12.4. The van der Waals surface area contributed by atoms with E-state index in [2.05, 4.69) is 5.18 Å². The zero-order chi connectivity index (χ0) is 27.5. The molecule has 1 N–H and O–H groups in total. The SMILES string of the molecule is CC[C@@]1(O)C(=O)OCc2c1cc1n(c2=O)Cc2c-1nc1ccc(CN=O)cc1c2Cc1ccc([N+](=O)[O-])cc1. The summed E-state index contributed by atoms with van der Waals surface area (Å²) < 4.78 is 6.72. The Labute approximate surface area is 220 Å². The number of nitroso groups, excluding NO2 is 1. The van der Waals surface area contributed by atoms with E-state index < -0.39 is 16.5 Å². The van der Waals surface area contributed by atoms with Crippen molar-refractivity contribution in [1.29, 1.82) is 0 Å². The predicted molar refractivity (Wildman–Crippen MR) is 140 cm³/mol. The van der Waals surface area contributed by atoms with Crippen LogP contribution in [0.2, 0.25) is 0 Å². The summed E-state index contributed by atoms with van der Waals surface area (Å²) in [5.41, 5.74) is 2.98. The number of carbonyl (C=O) groups excluding carboxylic acids is 1. The first-order valence-corrected chi connectivity index (χ1v) is 12.4. The molecule has 0 radical (unpaired) electrons. The molecule has 0 spiro atoms. The number of nitro groups is 1. The molecule has 11 nitrogen and oxygen atoms in total. The third-order valence-corrected chi connectivity index (χ3v) is 7.65. The summed E-state index contributed by atoms with van der Waals surface area (Å²) in [6.45, 7) is 1.62. The second kappa shape index (κ2) is 8.91. The maximum absolute atomic E-state index is 13.6. The Kier molecular flexibility index (Phi) is 5.61. The van der Waals surface area contributed by atoms with Gasteiger partial charge in [-0.05, 0) is 47.7 Å². The minimum atomic E-state index is -1.93. The number of fused-ring (bicyclic) bond motifs is 5. The monoisotopic (exact) mass is 526 g/mol. The van der Waals surface area contributed by atoms with Crippen molar-refractivity contribution in [2.45, 2.75) is 45.1 Å². The van der Waals surface area contributed by atoms with Crippen LogP contribution < -0.4 is 5.56 Å². The Bertz CT molecular complexity index is 1780. The number of aromatic nitrogens is 2. The van der Waals surface area contributed by atoms with Gasteiger partial charge in [-0.25, -0.2) is 9.78 Å². The number of hydrogen-bond donors (Lipinski definition) is 1. The Morgan fingerprint density at radius 1 is 1.13 bits per heavy atom. The third kappa shape index (κ3) is 3.73. The van der Waals surface area contributed by atoms with Crippen molar-refractivity contribution in [3.8, 4) is 11.4 Å². The van der Waals surface area contributed by atoms with Gasteiger partial charge in [0.25, 0.3) is 11.2 Å². The van der Waals surface area contributed by atoms with Crippen LogP contribution in [0.25, 0.3) is 22.3 Å². The molecule has 39 heavy (non-hydrogen) atoms. The average Bonchev–Trinajstić information content (AvgIpc) is 3.30. The highest BCUT2D eigenvalue weighted by Gasteiger charge is 2.45. The number of ether oxygens (including phenoxy) is 1. The van der Waals surface area contributed by atoms with Crippen molar-refractivity contribution < 1.29 is 19.6 Å². The lowest BCUT2D eigenvalue weighted by Gasteiger charge is -2.31. The summed E-state index contributed by atoms with van der Waals surface area (Å²) in [6.07, 6.45) is 0.430. The number of non-ortho nitro benzene ring substituents is 1. The number of rotatable bonds is 6. The minimum Gasteiger partial charge on any atom is -0.458 e. The number of nitrogens with zero attached hydrogens (tertiary/aromatic N) is 4. The smallest absolute Gasteiger partial charge is 0.343 e. The van der Waals surface area contributed by atoms with Gasteiger partial charge in [0.2, 0.25) is 0 Å². The van der Waals surface area contributed by atoms with Crippen molar-refractivity contribution in [1.82, 2.24) is 9.55 Å². The molecule has 0 aliphatic carbocycles. The van der Waals surface area contributed by atoms with Gasteiger partial charge in [0.05, 0.1) is 33.9 Å². The second-order valence-corrected chi connectivity index (χ2v) is 9.76. The molecule has 2 aromatic heterocycles. The Morgan fingerprint density at radius 3 is 2.56 bits per heavy atom. The molecule has 6 rings (SSSR count). The second-order valence-electron chi connectivity index (χ2n) is 9.76. The van der Waals surface area contributed by atoms with Crippen molar-refractivity contribution in [3.05, 3.63) is 107 Å². The van der Waals surface area contributed by atoms with Gasteiger partial charge in [0, 0.05) is 28.6 Å². The summed E-state index contributed by atoms with van der Waals surface area (Å²) in [4.78, 5) is 52.6. The van der Waals surface area contributed by atoms with Crippen LogP contribution in [-0.4, -0.2) is 25.6 Å². The third-order valence-electron chi connectivity index (χ3n) is 7.65. The number of hydrogen-bond acceptors (Lipinski definition) is 9. The number of benzene rings is 2. The summed E-state index contributed by atoms with van der Waals surface area (Å²) >= 11 is 0. The molecule has 0 fully saturated rings. The van der Waals surface area contributed by atoms with Crippen LogP contribution in [0, 0.1) is 15.0 Å². The number of cyclic esters (lactones) is 1. The maximum Gasteiger partial charge on any atom is 0.343 e. The fourth-order valence-electron chi connectivity index (χ4n) is 5.52. The summed E-state index contributed by atoms with van der Waals surface area (Å²) in [6, 6.07) is 13.3. The van der Waals surface area contributed by atoms with Crippen molar-refractivity contribution in [2.75, 3.05) is 0 Å². The first-order chi connectivity index (χ1) is 18.7. The lowest BCUT2D eigenvalue weighted by molar-refractivity contribution is -0.384. The topological polar surface area (TPSA) is 154 Å². The highest BCUT2D eigenvalue weighted by molar-refractivity contribution is 5.89. The van der Waals surface area contributed by atoms with Crippen LogP contribution in [0.1, 0.15) is 46.7 Å². The molecule has 1 atom stereocenters. The molecule has 0 saturated carbocycles. The summed E-state index contributed by atoms with van der Waals surface area (Å²) in [5.74, 6) is -0.790. The summed E-state index contributed by atoms with van der Waals surface area (Å²) in [7, 11) is 0. The molecule has 0 unspecified atom stereocenters. The number of pyridine rings is 2. The molecule has 0 saturated heterocycles. The maximum atomic E-state index is 13.6. The van der Waals surface area contributed by atoms with E-state index in [-0.39, 0.29) is 48.5 Å². The van der Waals surface area contributed by atoms with Gasteiger partial charge in [-0.2, -0.15) is 4.91 Å². The molecular formula is C28H22N4O7. The molecule has 11 heteroatoms. The van der Waals surface area contributed by atoms with Crippen LogP contribution >= 0.6 is 0 Å². The predicted octanol–water partition coefficient (Wildman–Crippen LogP) is 3.85. The van der Waals surface area contributed by atoms with Crippen molar-refractivity contribution >= 4 is 22.6 Å². The van der Waals surface area contributed by atoms with Gasteiger partial charge in [0.15, 0.2) is 5.60 Å². The largest absolute Gasteiger partial charge is 0.458 e. The highest BCUT2D eigenvalue weighted by Crippen LogP contribution is 2.41. The molecule has 196 valence electrons. The van der Waals surface area contributed by atoms with Crippen LogP contribution in [0.3, 0.4) is 0 Å². The zero-order valence-corrected chi connectivity index (χ0v) is 20.8. The van der Waals surface area contributed by atoms with E-state index in [1.165, 1.54) is 12.1 Å². The molecule has 4 aromatic rings. The fourth-order valence-corrected chi connectivity index (χ4v) is 5.52. The molecule has 2 aliphatic rings. The molecule has 0 amide bonds. The standard InChI is InChI=1S/C28H22N4O7/c1-2-28(35)22-11-24-25-20(13-31(24)26(33)21(22)14-39-27(28)34)18(9-15-3-6-17(7-4-15)32(37)38)19-10-16(12-29-36)5-8-23(19)30-25/h3-8,10-11,35H,2,9,12-14H2,1H3/t28-/m0/s1. The minimum absolute atomic E-state index is 0.0139. The Hall–Kier alpha value is -4.77. The highest BCUT2D eigenvalue weighted by atomic mass is 16.6. The fraction of sp³-hybridized carbons (Fsp3) is 0.250. The quantitative estimate of drug-likeness (QED) is 0.151. The van der Waals surface area contributed by atoms with Crippen LogP contribution in [0.4, 0.5) is 5.69 Å². The Balaban J connectivity index is 1.58. The van der Waals surface area contributed by atoms with Crippen molar-refractivity contribution in [3.63, 3.8) is 0 Å². The van der Waals surface area contributed by atoms with Crippen LogP contribution in [0.5, 0.6) is 0 Å². The number of nitro benzene ring substituents is 1. The van der Waals surface area contributed by atoms with E-state index >= 15 is 0 Å². The first kappa shape index (κ1) is 24.6. The van der Waals surface area contributed by atoms with Gasteiger partial charge in [-0.1, -0.05) is 30.3 Å². The van der Waals surface area contributed by atoms with E-state index in [0.717, 1.165) is 22.1 Å². The lowest BCUT2D eigenvalue weighted by atomic mass is 9.86. The zero-order valence-electron chi connectivity index (χ0n) is 20.8. The van der Waals surface area contributed by atoms with E-state index in [0.29, 0.717) is 28.9 Å². The molecule has 2 aromatic carbocycles. The molecular weight excluding hydrogens is 504 g/mol. The van der Waals surface area contributed by atoms with Gasteiger partial charge in [-0.3, -0.25) is 14.9 Å². The van der Waals surface area contributed by atoms with Gasteiger partial charge < -0.3 is 14.4 Å². The van der Waals surface area contributed by atoms with E-state index in [9.17, 15) is 29.7 Å². The van der Waals surface area contributed by atoms with Crippen molar-refractivity contribution in [2.24, 2.45) is 5.18 Å². The number of esters is 1. The van der Waals surface area contributed by atoms with Crippen LogP contribution in [-0.2, 0) is 41.2 Å². The normalized spacial score (nSPS) is 17.3. The number of carbonyl (C=O) groups is 1. The number of aliphatic hydroxyl groups is 1. The van der Waals surface area contributed by atoms with Gasteiger partial charge in [-0.15, -0.1) is 0 Å². The van der Waals surface area contributed by atoms with Gasteiger partial charge >= 0.3 is 5.97 Å².